The fraction of sp³-hybridized carbons (Fsp3) is 0.353. The number of carbonyl (C=O) groups is 2. The van der Waals surface area contributed by atoms with Gasteiger partial charge in [0.1, 0.15) is 5.41 Å². The summed E-state index contributed by atoms with van der Waals surface area (Å²) in [4.78, 5) is 28.2. The minimum atomic E-state index is -1.24. The van der Waals surface area contributed by atoms with Crippen molar-refractivity contribution in [3.8, 4) is 0 Å². The van der Waals surface area contributed by atoms with Gasteiger partial charge < -0.3 is 5.11 Å². The molecule has 2 aromatic rings. The third-order valence-electron chi connectivity index (χ3n) is 4.37. The molecule has 0 amide bonds. The Morgan fingerprint density at radius 2 is 2.14 bits per heavy atom. The van der Waals surface area contributed by atoms with E-state index in [1.807, 2.05) is 30.3 Å². The first-order valence-electron chi connectivity index (χ1n) is 7.22. The average molecular weight is 283 g/mol. The van der Waals surface area contributed by atoms with Crippen molar-refractivity contribution in [3.05, 3.63) is 42.1 Å². The second kappa shape index (κ2) is 5.28. The number of rotatable bonds is 3. The number of nitrogens with zero attached hydrogens (tertiary/aromatic N) is 1. The lowest BCUT2D eigenvalue weighted by molar-refractivity contribution is -0.157. The summed E-state index contributed by atoms with van der Waals surface area (Å²) in [6, 6.07) is 9.50. The van der Waals surface area contributed by atoms with Gasteiger partial charge in [-0.2, -0.15) is 0 Å². The predicted molar refractivity (Wildman–Crippen MR) is 79.0 cm³/mol. The molecule has 0 radical (unpaired) electrons. The quantitative estimate of drug-likeness (QED) is 0.879. The molecule has 0 bridgehead atoms. The molecule has 1 aromatic carbocycles. The molecule has 1 aromatic heterocycles. The molecule has 4 heteroatoms. The maximum Gasteiger partial charge on any atom is 0.317 e. The monoisotopic (exact) mass is 283 g/mol. The van der Waals surface area contributed by atoms with E-state index < -0.39 is 11.4 Å². The number of carboxylic acids is 1. The molecule has 1 heterocycles. The van der Waals surface area contributed by atoms with E-state index in [1.165, 1.54) is 0 Å². The van der Waals surface area contributed by atoms with Crippen LogP contribution in [0.2, 0.25) is 0 Å². The number of pyridine rings is 1. The number of ketones is 1. The molecule has 1 aliphatic carbocycles. The first-order valence-corrected chi connectivity index (χ1v) is 7.22. The number of benzene rings is 1. The molecule has 1 unspecified atom stereocenters. The minimum absolute atomic E-state index is 0.132. The Morgan fingerprint density at radius 1 is 1.29 bits per heavy atom. The van der Waals surface area contributed by atoms with Gasteiger partial charge in [-0.1, -0.05) is 18.6 Å². The second-order valence-corrected chi connectivity index (χ2v) is 5.72. The number of fused-ring (bicyclic) bond motifs is 1. The van der Waals surface area contributed by atoms with Crippen molar-refractivity contribution in [3.63, 3.8) is 0 Å². The molecule has 3 rings (SSSR count). The number of aromatic nitrogens is 1. The predicted octanol–water partition coefficient (Wildman–Crippen LogP) is 2.99. The van der Waals surface area contributed by atoms with E-state index in [1.54, 1.807) is 6.20 Å². The van der Waals surface area contributed by atoms with Crippen molar-refractivity contribution in [2.24, 2.45) is 5.41 Å². The van der Waals surface area contributed by atoms with E-state index in [9.17, 15) is 14.7 Å². The second-order valence-electron chi connectivity index (χ2n) is 5.72. The van der Waals surface area contributed by atoms with Crippen LogP contribution in [0.4, 0.5) is 0 Å². The molecule has 1 N–H and O–H groups in total. The summed E-state index contributed by atoms with van der Waals surface area (Å²) in [5, 5.41) is 10.6. The summed E-state index contributed by atoms with van der Waals surface area (Å²) < 4.78 is 0. The highest BCUT2D eigenvalue weighted by Gasteiger charge is 2.46. The largest absolute Gasteiger partial charge is 0.480 e. The third kappa shape index (κ3) is 2.42. The molecule has 4 nitrogen and oxygen atoms in total. The molecule has 108 valence electrons. The van der Waals surface area contributed by atoms with Gasteiger partial charge in [-0.05, 0) is 43.0 Å². The van der Waals surface area contributed by atoms with Crippen LogP contribution in [-0.2, 0) is 16.0 Å². The summed E-state index contributed by atoms with van der Waals surface area (Å²) in [7, 11) is 0. The Morgan fingerprint density at radius 3 is 2.90 bits per heavy atom. The van der Waals surface area contributed by atoms with Crippen molar-refractivity contribution < 1.29 is 14.7 Å². The lowest BCUT2D eigenvalue weighted by Crippen LogP contribution is -2.43. The summed E-state index contributed by atoms with van der Waals surface area (Å²) >= 11 is 0. The van der Waals surface area contributed by atoms with Crippen LogP contribution in [0.25, 0.3) is 10.9 Å². The SMILES string of the molecule is O=C(O)C1(Cc2ccc3ncccc3c2)CCCCC1=O. The van der Waals surface area contributed by atoms with Crippen molar-refractivity contribution in [1.82, 2.24) is 4.98 Å². The van der Waals surface area contributed by atoms with E-state index in [-0.39, 0.29) is 12.2 Å². The van der Waals surface area contributed by atoms with Crippen LogP contribution in [0.3, 0.4) is 0 Å². The average Bonchev–Trinajstić information content (AvgIpc) is 2.49. The lowest BCUT2D eigenvalue weighted by atomic mass is 9.69. The number of Topliss-reactive ketones (excluding diaryl/α,β-unsaturated/α-hetero) is 1. The number of carboxylic acid groups (broad SMARTS) is 1. The molecule has 0 spiro atoms. The van der Waals surface area contributed by atoms with Crippen molar-refractivity contribution in [1.29, 1.82) is 0 Å². The third-order valence-corrected chi connectivity index (χ3v) is 4.37. The van der Waals surface area contributed by atoms with E-state index >= 15 is 0 Å². The molecule has 0 aliphatic heterocycles. The summed E-state index contributed by atoms with van der Waals surface area (Å²) in [6.07, 6.45) is 4.41. The van der Waals surface area contributed by atoms with Gasteiger partial charge in [0, 0.05) is 18.0 Å². The lowest BCUT2D eigenvalue weighted by Gasteiger charge is -2.31. The zero-order chi connectivity index (χ0) is 14.9. The first kappa shape index (κ1) is 13.7. The molecular weight excluding hydrogens is 266 g/mol. The fourth-order valence-corrected chi connectivity index (χ4v) is 3.16. The highest BCUT2D eigenvalue weighted by Crippen LogP contribution is 2.37. The van der Waals surface area contributed by atoms with Crippen LogP contribution >= 0.6 is 0 Å². The van der Waals surface area contributed by atoms with E-state index in [4.69, 9.17) is 0 Å². The van der Waals surface area contributed by atoms with Crippen LogP contribution in [0.5, 0.6) is 0 Å². The Labute approximate surface area is 122 Å². The first-order chi connectivity index (χ1) is 10.1. The Balaban J connectivity index is 1.98. The van der Waals surface area contributed by atoms with Crippen molar-refractivity contribution >= 4 is 22.7 Å². The zero-order valence-electron chi connectivity index (χ0n) is 11.7. The standard InChI is InChI=1S/C17H17NO3/c19-15-5-1-2-8-17(15,16(20)21)11-12-6-7-14-13(10-12)4-3-9-18-14/h3-4,6-7,9-10H,1-2,5,8,11H2,(H,20,21). The number of aliphatic carboxylic acids is 1. The fourth-order valence-electron chi connectivity index (χ4n) is 3.16. The van der Waals surface area contributed by atoms with Gasteiger partial charge in [-0.15, -0.1) is 0 Å². The maximum absolute atomic E-state index is 12.2. The molecule has 1 saturated carbocycles. The summed E-state index contributed by atoms with van der Waals surface area (Å²) in [5.41, 5.74) is 0.516. The molecule has 1 aliphatic rings. The summed E-state index contributed by atoms with van der Waals surface area (Å²) in [5.74, 6) is -1.12. The maximum atomic E-state index is 12.2. The molecule has 0 saturated heterocycles. The molecule has 1 atom stereocenters. The van der Waals surface area contributed by atoms with Crippen LogP contribution < -0.4 is 0 Å². The van der Waals surface area contributed by atoms with Gasteiger partial charge in [0.2, 0.25) is 0 Å². The van der Waals surface area contributed by atoms with E-state index in [0.717, 1.165) is 29.3 Å². The van der Waals surface area contributed by atoms with Crippen LogP contribution in [0, 0.1) is 5.41 Å². The number of hydrogen-bond acceptors (Lipinski definition) is 3. The Hall–Kier alpha value is -2.23. The molecular formula is C17H17NO3. The number of hydrogen-bond donors (Lipinski definition) is 1. The van der Waals surface area contributed by atoms with E-state index in [2.05, 4.69) is 4.98 Å². The van der Waals surface area contributed by atoms with Crippen LogP contribution in [-0.4, -0.2) is 21.8 Å². The van der Waals surface area contributed by atoms with Gasteiger partial charge in [0.05, 0.1) is 5.52 Å². The van der Waals surface area contributed by atoms with E-state index in [0.29, 0.717) is 12.8 Å². The summed E-state index contributed by atoms with van der Waals surface area (Å²) in [6.45, 7) is 0. The van der Waals surface area contributed by atoms with Gasteiger partial charge in [-0.25, -0.2) is 0 Å². The molecule has 21 heavy (non-hydrogen) atoms. The molecule has 1 fully saturated rings. The Bertz CT molecular complexity index is 710. The highest BCUT2D eigenvalue weighted by atomic mass is 16.4. The van der Waals surface area contributed by atoms with Gasteiger partial charge >= 0.3 is 5.97 Å². The van der Waals surface area contributed by atoms with Crippen molar-refractivity contribution in [2.45, 2.75) is 32.1 Å². The Kier molecular flexibility index (Phi) is 3.45. The minimum Gasteiger partial charge on any atom is -0.480 e. The normalized spacial score (nSPS) is 22.4. The van der Waals surface area contributed by atoms with Gasteiger partial charge in [-0.3, -0.25) is 14.6 Å². The van der Waals surface area contributed by atoms with Crippen LogP contribution in [0.15, 0.2) is 36.5 Å². The van der Waals surface area contributed by atoms with Gasteiger partial charge in [0.15, 0.2) is 5.78 Å². The van der Waals surface area contributed by atoms with Crippen molar-refractivity contribution in [2.75, 3.05) is 0 Å². The van der Waals surface area contributed by atoms with Crippen LogP contribution in [0.1, 0.15) is 31.2 Å². The topological polar surface area (TPSA) is 67.3 Å². The smallest absolute Gasteiger partial charge is 0.317 e. The van der Waals surface area contributed by atoms with Gasteiger partial charge in [0.25, 0.3) is 0 Å². The number of carbonyl (C=O) groups excluding carboxylic acids is 1. The highest BCUT2D eigenvalue weighted by molar-refractivity contribution is 6.03. The zero-order valence-corrected chi connectivity index (χ0v) is 11.7.